The number of carbonyl (C=O) groups is 1. The second kappa shape index (κ2) is 4.33. The van der Waals surface area contributed by atoms with Crippen LogP contribution in [0.3, 0.4) is 0 Å². The van der Waals surface area contributed by atoms with Crippen molar-refractivity contribution in [1.82, 2.24) is 9.88 Å². The molecule has 0 aromatic carbocycles. The van der Waals surface area contributed by atoms with Crippen molar-refractivity contribution < 1.29 is 14.6 Å². The first-order valence-electron chi connectivity index (χ1n) is 5.54. The topological polar surface area (TPSA) is 62.7 Å². The van der Waals surface area contributed by atoms with Gasteiger partial charge in [-0.25, -0.2) is 0 Å². The summed E-state index contributed by atoms with van der Waals surface area (Å²) in [6.45, 7) is 5.54. The van der Waals surface area contributed by atoms with E-state index >= 15 is 0 Å². The molecule has 1 aliphatic rings. The molecule has 0 saturated carbocycles. The molecule has 17 heavy (non-hydrogen) atoms. The Kier molecular flexibility index (Phi) is 3.02. The molecule has 0 aliphatic carbocycles. The fourth-order valence-corrected chi connectivity index (χ4v) is 1.94. The largest absolute Gasteiger partial charge is 0.506 e. The average molecular weight is 236 g/mol. The zero-order valence-corrected chi connectivity index (χ0v) is 10.0. The third-order valence-corrected chi connectivity index (χ3v) is 2.86. The molecule has 1 fully saturated rings. The number of pyridine rings is 1. The minimum Gasteiger partial charge on any atom is -0.506 e. The van der Waals surface area contributed by atoms with Crippen LogP contribution in [0.1, 0.15) is 24.2 Å². The number of nitrogens with zero attached hydrogens (tertiary/aromatic N) is 2. The van der Waals surface area contributed by atoms with Gasteiger partial charge in [-0.2, -0.15) is 0 Å². The SMILES string of the molecule is CC1(C)COCCN1C(=O)c1cncc(O)c1. The number of carbonyl (C=O) groups excluding carboxylic acids is 1. The summed E-state index contributed by atoms with van der Waals surface area (Å²) in [4.78, 5) is 17.9. The zero-order chi connectivity index (χ0) is 12.5. The summed E-state index contributed by atoms with van der Waals surface area (Å²) in [5.41, 5.74) is 0.0702. The lowest BCUT2D eigenvalue weighted by atomic mass is 10.0. The van der Waals surface area contributed by atoms with Crippen LogP contribution in [-0.4, -0.2) is 46.2 Å². The third-order valence-electron chi connectivity index (χ3n) is 2.86. The van der Waals surface area contributed by atoms with Gasteiger partial charge in [-0.15, -0.1) is 0 Å². The van der Waals surface area contributed by atoms with Crippen LogP contribution in [0.2, 0.25) is 0 Å². The first-order chi connectivity index (χ1) is 8.00. The Morgan fingerprint density at radius 1 is 1.53 bits per heavy atom. The Labute approximate surface area is 100 Å². The Bertz CT molecular complexity index is 432. The number of hydrogen-bond donors (Lipinski definition) is 1. The minimum absolute atomic E-state index is 0.00177. The van der Waals surface area contributed by atoms with Crippen molar-refractivity contribution in [1.29, 1.82) is 0 Å². The molecular weight excluding hydrogens is 220 g/mol. The highest BCUT2D eigenvalue weighted by molar-refractivity contribution is 5.94. The summed E-state index contributed by atoms with van der Waals surface area (Å²) in [5, 5.41) is 9.33. The number of aromatic nitrogens is 1. The van der Waals surface area contributed by atoms with Crippen LogP contribution in [-0.2, 0) is 4.74 Å². The first-order valence-corrected chi connectivity index (χ1v) is 5.54. The van der Waals surface area contributed by atoms with Gasteiger partial charge in [0.1, 0.15) is 5.75 Å². The van der Waals surface area contributed by atoms with Gasteiger partial charge >= 0.3 is 0 Å². The lowest BCUT2D eigenvalue weighted by molar-refractivity contribution is -0.0370. The molecule has 0 bridgehead atoms. The summed E-state index contributed by atoms with van der Waals surface area (Å²) in [6.07, 6.45) is 2.77. The van der Waals surface area contributed by atoms with Gasteiger partial charge in [-0.3, -0.25) is 9.78 Å². The molecule has 1 aliphatic heterocycles. The summed E-state index contributed by atoms with van der Waals surface area (Å²) in [6, 6.07) is 1.43. The van der Waals surface area contributed by atoms with Crippen LogP contribution in [0.4, 0.5) is 0 Å². The molecule has 0 unspecified atom stereocenters. The van der Waals surface area contributed by atoms with Gasteiger partial charge in [0.25, 0.3) is 5.91 Å². The number of hydrogen-bond acceptors (Lipinski definition) is 4. The highest BCUT2D eigenvalue weighted by Gasteiger charge is 2.34. The fraction of sp³-hybridized carbons (Fsp3) is 0.500. The van der Waals surface area contributed by atoms with Crippen molar-refractivity contribution in [3.8, 4) is 5.75 Å². The Hall–Kier alpha value is -1.62. The second-order valence-electron chi connectivity index (χ2n) is 4.75. The van der Waals surface area contributed by atoms with E-state index in [1.165, 1.54) is 18.5 Å². The number of amides is 1. The van der Waals surface area contributed by atoms with E-state index in [2.05, 4.69) is 4.98 Å². The van der Waals surface area contributed by atoms with Crippen LogP contribution < -0.4 is 0 Å². The molecule has 2 rings (SSSR count). The molecule has 5 heteroatoms. The summed E-state index contributed by atoms with van der Waals surface area (Å²) in [5.74, 6) is -0.122. The van der Waals surface area contributed by atoms with E-state index in [4.69, 9.17) is 4.74 Å². The normalized spacial score (nSPS) is 19.1. The highest BCUT2D eigenvalue weighted by atomic mass is 16.5. The molecule has 1 aromatic rings. The van der Waals surface area contributed by atoms with Crippen molar-refractivity contribution in [2.75, 3.05) is 19.8 Å². The van der Waals surface area contributed by atoms with Crippen molar-refractivity contribution >= 4 is 5.91 Å². The van der Waals surface area contributed by atoms with Crippen molar-refractivity contribution in [3.63, 3.8) is 0 Å². The predicted octanol–water partition coefficient (Wildman–Crippen LogP) is 1.04. The number of aromatic hydroxyl groups is 1. The zero-order valence-electron chi connectivity index (χ0n) is 10.0. The first kappa shape index (κ1) is 11.9. The van der Waals surface area contributed by atoms with Gasteiger partial charge < -0.3 is 14.7 Å². The molecule has 0 radical (unpaired) electrons. The minimum atomic E-state index is -0.333. The van der Waals surface area contributed by atoms with Crippen LogP contribution in [0, 0.1) is 0 Å². The maximum Gasteiger partial charge on any atom is 0.256 e. The van der Waals surface area contributed by atoms with Crippen molar-refractivity contribution in [2.45, 2.75) is 19.4 Å². The van der Waals surface area contributed by atoms with E-state index in [9.17, 15) is 9.90 Å². The van der Waals surface area contributed by atoms with E-state index in [0.717, 1.165) is 0 Å². The molecule has 0 spiro atoms. The van der Waals surface area contributed by atoms with Gasteiger partial charge in [-0.1, -0.05) is 0 Å². The molecule has 1 saturated heterocycles. The smallest absolute Gasteiger partial charge is 0.256 e. The Morgan fingerprint density at radius 3 is 2.94 bits per heavy atom. The van der Waals surface area contributed by atoms with E-state index in [0.29, 0.717) is 25.3 Å². The second-order valence-corrected chi connectivity index (χ2v) is 4.75. The highest BCUT2D eigenvalue weighted by Crippen LogP contribution is 2.22. The molecule has 92 valence electrons. The van der Waals surface area contributed by atoms with Crippen LogP contribution in [0.5, 0.6) is 5.75 Å². The summed E-state index contributed by atoms with van der Waals surface area (Å²) >= 11 is 0. The van der Waals surface area contributed by atoms with Gasteiger partial charge in [0, 0.05) is 12.7 Å². The standard InChI is InChI=1S/C12H16N2O3/c1-12(2)8-17-4-3-14(12)11(16)9-5-10(15)7-13-6-9/h5-7,15H,3-4,8H2,1-2H3. The van der Waals surface area contributed by atoms with Crippen LogP contribution in [0.25, 0.3) is 0 Å². The number of ether oxygens (including phenoxy) is 1. The molecule has 1 amide bonds. The van der Waals surface area contributed by atoms with Gasteiger partial charge in [0.2, 0.25) is 0 Å². The van der Waals surface area contributed by atoms with Crippen molar-refractivity contribution in [3.05, 3.63) is 24.0 Å². The maximum absolute atomic E-state index is 12.3. The van der Waals surface area contributed by atoms with Crippen LogP contribution in [0.15, 0.2) is 18.5 Å². The number of rotatable bonds is 1. The fourth-order valence-electron chi connectivity index (χ4n) is 1.94. The molecule has 1 N–H and O–H groups in total. The molecule has 1 aromatic heterocycles. The van der Waals surface area contributed by atoms with Crippen molar-refractivity contribution in [2.24, 2.45) is 0 Å². The molecule has 2 heterocycles. The van der Waals surface area contributed by atoms with Gasteiger partial charge in [0.05, 0.1) is 30.5 Å². The summed E-state index contributed by atoms with van der Waals surface area (Å²) < 4.78 is 5.37. The van der Waals surface area contributed by atoms with Gasteiger partial charge in [-0.05, 0) is 19.9 Å². The van der Waals surface area contributed by atoms with E-state index in [-0.39, 0.29) is 17.2 Å². The monoisotopic (exact) mass is 236 g/mol. The molecule has 5 nitrogen and oxygen atoms in total. The Morgan fingerprint density at radius 2 is 2.29 bits per heavy atom. The molecular formula is C12H16N2O3. The lowest BCUT2D eigenvalue weighted by Gasteiger charge is -2.42. The van der Waals surface area contributed by atoms with E-state index in [1.807, 2.05) is 13.8 Å². The van der Waals surface area contributed by atoms with Gasteiger partial charge in [0.15, 0.2) is 0 Å². The third kappa shape index (κ3) is 2.39. The molecule has 0 atom stereocenters. The Balaban J connectivity index is 2.25. The average Bonchev–Trinajstić information content (AvgIpc) is 2.27. The predicted molar refractivity (Wildman–Crippen MR) is 61.8 cm³/mol. The summed E-state index contributed by atoms with van der Waals surface area (Å²) in [7, 11) is 0. The van der Waals surface area contributed by atoms with Crippen LogP contribution >= 0.6 is 0 Å². The number of morpholine rings is 1. The van der Waals surface area contributed by atoms with E-state index < -0.39 is 0 Å². The maximum atomic E-state index is 12.3. The van der Waals surface area contributed by atoms with E-state index in [1.54, 1.807) is 4.90 Å². The quantitative estimate of drug-likeness (QED) is 0.791. The lowest BCUT2D eigenvalue weighted by Crippen LogP contribution is -2.55.